The number of carbonyl (C=O) groups is 1. The van der Waals surface area contributed by atoms with Gasteiger partial charge in [0.15, 0.2) is 0 Å². The first-order valence-electron chi connectivity index (χ1n) is 9.19. The molecule has 0 aromatic heterocycles. The highest BCUT2D eigenvalue weighted by atomic mass is 32.2. The number of piperazine rings is 1. The van der Waals surface area contributed by atoms with Crippen molar-refractivity contribution in [3.8, 4) is 0 Å². The van der Waals surface area contributed by atoms with E-state index in [4.69, 9.17) is 0 Å². The number of hydrogen-bond acceptors (Lipinski definition) is 5. The number of hydrogen-bond donors (Lipinski definition) is 1. The quantitative estimate of drug-likeness (QED) is 0.568. The van der Waals surface area contributed by atoms with Gasteiger partial charge in [-0.25, -0.2) is 13.2 Å². The molecule has 1 saturated heterocycles. The summed E-state index contributed by atoms with van der Waals surface area (Å²) in [6.07, 6.45) is 0.716. The van der Waals surface area contributed by atoms with Gasteiger partial charge in [0.1, 0.15) is 0 Å². The summed E-state index contributed by atoms with van der Waals surface area (Å²) in [5.74, 6) is 0. The fraction of sp³-hybridized carbons (Fsp3) is 0.316. The smallest absolute Gasteiger partial charge is 0.317 e. The first kappa shape index (κ1) is 20.7. The minimum absolute atomic E-state index is 0.118. The van der Waals surface area contributed by atoms with Gasteiger partial charge in [-0.2, -0.15) is 4.31 Å². The summed E-state index contributed by atoms with van der Waals surface area (Å²) in [6.45, 7) is 1.28. The molecule has 0 bridgehead atoms. The summed E-state index contributed by atoms with van der Waals surface area (Å²) in [4.78, 5) is 24.0. The van der Waals surface area contributed by atoms with Crippen LogP contribution in [-0.4, -0.2) is 61.3 Å². The number of benzene rings is 2. The lowest BCUT2D eigenvalue weighted by molar-refractivity contribution is -0.385. The largest absolute Gasteiger partial charge is 0.338 e. The van der Waals surface area contributed by atoms with Gasteiger partial charge in [-0.05, 0) is 18.1 Å². The molecule has 1 fully saturated rings. The van der Waals surface area contributed by atoms with E-state index in [1.807, 2.05) is 30.3 Å². The van der Waals surface area contributed by atoms with E-state index < -0.39 is 14.9 Å². The molecule has 10 heteroatoms. The summed E-state index contributed by atoms with van der Waals surface area (Å²) >= 11 is 0. The molecule has 0 saturated carbocycles. The zero-order valence-electron chi connectivity index (χ0n) is 15.7. The van der Waals surface area contributed by atoms with Gasteiger partial charge in [0, 0.05) is 44.9 Å². The van der Waals surface area contributed by atoms with E-state index in [0.717, 1.165) is 11.6 Å². The minimum atomic E-state index is -3.85. The van der Waals surface area contributed by atoms with Crippen molar-refractivity contribution in [1.29, 1.82) is 0 Å². The van der Waals surface area contributed by atoms with Crippen molar-refractivity contribution in [3.63, 3.8) is 0 Å². The molecule has 0 radical (unpaired) electrons. The molecular weight excluding hydrogens is 396 g/mol. The number of urea groups is 1. The molecule has 0 aliphatic carbocycles. The Bertz CT molecular complexity index is 973. The SMILES string of the molecule is O=C(NCCc1ccccc1)N1CCN(S(=O)(=O)c2cccc([N+](=O)[O-])c2)CC1. The number of amides is 2. The minimum Gasteiger partial charge on any atom is -0.338 e. The second-order valence-corrected chi connectivity index (χ2v) is 8.55. The topological polar surface area (TPSA) is 113 Å². The lowest BCUT2D eigenvalue weighted by Gasteiger charge is -2.34. The first-order chi connectivity index (χ1) is 13.9. The molecule has 1 aliphatic rings. The van der Waals surface area contributed by atoms with Gasteiger partial charge in [-0.1, -0.05) is 36.4 Å². The highest BCUT2D eigenvalue weighted by molar-refractivity contribution is 7.89. The Morgan fingerprint density at radius 2 is 1.72 bits per heavy atom. The number of sulfonamides is 1. The van der Waals surface area contributed by atoms with Gasteiger partial charge in [-0.3, -0.25) is 10.1 Å². The first-order valence-corrected chi connectivity index (χ1v) is 10.6. The van der Waals surface area contributed by atoms with Crippen molar-refractivity contribution in [2.45, 2.75) is 11.3 Å². The summed E-state index contributed by atoms with van der Waals surface area (Å²) in [6, 6.07) is 14.6. The van der Waals surface area contributed by atoms with Crippen LogP contribution in [0.4, 0.5) is 10.5 Å². The summed E-state index contributed by atoms with van der Waals surface area (Å²) in [5.41, 5.74) is 0.850. The van der Waals surface area contributed by atoms with Crippen LogP contribution in [0.15, 0.2) is 59.5 Å². The molecule has 29 heavy (non-hydrogen) atoms. The Morgan fingerprint density at radius 1 is 1.03 bits per heavy atom. The Labute approximate surface area is 169 Å². The van der Waals surface area contributed by atoms with Crippen LogP contribution < -0.4 is 5.32 Å². The van der Waals surface area contributed by atoms with E-state index in [0.29, 0.717) is 13.0 Å². The number of carbonyl (C=O) groups excluding carboxylic acids is 1. The Kier molecular flexibility index (Phi) is 6.45. The van der Waals surface area contributed by atoms with Gasteiger partial charge in [0.2, 0.25) is 10.0 Å². The lowest BCUT2D eigenvalue weighted by Crippen LogP contribution is -2.53. The molecule has 9 nitrogen and oxygen atoms in total. The Balaban J connectivity index is 1.53. The normalized spacial score (nSPS) is 15.1. The third-order valence-corrected chi connectivity index (χ3v) is 6.62. The molecular formula is C19H22N4O5S. The van der Waals surface area contributed by atoms with Crippen molar-refractivity contribution in [2.24, 2.45) is 0 Å². The molecule has 1 aliphatic heterocycles. The van der Waals surface area contributed by atoms with Crippen LogP contribution in [0.2, 0.25) is 0 Å². The van der Waals surface area contributed by atoms with E-state index in [1.165, 1.54) is 22.5 Å². The van der Waals surface area contributed by atoms with Crippen LogP contribution in [0.1, 0.15) is 5.56 Å². The van der Waals surface area contributed by atoms with Crippen LogP contribution >= 0.6 is 0 Å². The van der Waals surface area contributed by atoms with Gasteiger partial charge in [0.05, 0.1) is 9.82 Å². The zero-order valence-corrected chi connectivity index (χ0v) is 16.5. The van der Waals surface area contributed by atoms with Crippen LogP contribution in [0.3, 0.4) is 0 Å². The zero-order chi connectivity index (χ0) is 20.9. The third kappa shape index (κ3) is 5.09. The molecule has 1 N–H and O–H groups in total. The maximum Gasteiger partial charge on any atom is 0.317 e. The molecule has 3 rings (SSSR count). The van der Waals surface area contributed by atoms with E-state index >= 15 is 0 Å². The number of nitrogens with one attached hydrogen (secondary N) is 1. The van der Waals surface area contributed by atoms with E-state index in [9.17, 15) is 23.3 Å². The second kappa shape index (κ2) is 9.01. The number of nitrogens with zero attached hydrogens (tertiary/aromatic N) is 3. The number of rotatable bonds is 6. The van der Waals surface area contributed by atoms with Gasteiger partial charge >= 0.3 is 6.03 Å². The number of nitro groups is 1. The highest BCUT2D eigenvalue weighted by Crippen LogP contribution is 2.22. The fourth-order valence-electron chi connectivity index (χ4n) is 3.11. The van der Waals surface area contributed by atoms with Crippen LogP contribution in [0, 0.1) is 10.1 Å². The second-order valence-electron chi connectivity index (χ2n) is 6.61. The van der Waals surface area contributed by atoms with Crippen molar-refractivity contribution in [1.82, 2.24) is 14.5 Å². The molecule has 154 valence electrons. The van der Waals surface area contributed by atoms with Gasteiger partial charge < -0.3 is 10.2 Å². The average Bonchev–Trinajstić information content (AvgIpc) is 2.74. The standard InChI is InChI=1S/C19H22N4O5S/c24-19(20-10-9-16-5-2-1-3-6-16)21-11-13-22(14-12-21)29(27,28)18-8-4-7-17(15-18)23(25)26/h1-8,15H,9-14H2,(H,20,24). The Hall–Kier alpha value is -2.98. The number of nitro benzene ring substituents is 1. The van der Waals surface area contributed by atoms with Crippen molar-refractivity contribution in [2.75, 3.05) is 32.7 Å². The molecule has 0 unspecified atom stereocenters. The third-order valence-electron chi connectivity index (χ3n) is 4.72. The van der Waals surface area contributed by atoms with Crippen molar-refractivity contribution in [3.05, 3.63) is 70.3 Å². The van der Waals surface area contributed by atoms with E-state index in [2.05, 4.69) is 5.32 Å². The Morgan fingerprint density at radius 3 is 2.38 bits per heavy atom. The molecule has 1 heterocycles. The molecule has 2 amide bonds. The molecule has 0 atom stereocenters. The van der Waals surface area contributed by atoms with E-state index in [1.54, 1.807) is 4.90 Å². The average molecular weight is 418 g/mol. The van der Waals surface area contributed by atoms with Crippen molar-refractivity contribution >= 4 is 21.7 Å². The predicted octanol–water partition coefficient (Wildman–Crippen LogP) is 1.85. The van der Waals surface area contributed by atoms with Crippen LogP contribution in [0.25, 0.3) is 0 Å². The maximum atomic E-state index is 12.8. The van der Waals surface area contributed by atoms with Crippen molar-refractivity contribution < 1.29 is 18.1 Å². The summed E-state index contributed by atoms with van der Waals surface area (Å²) < 4.78 is 26.8. The molecule has 2 aromatic carbocycles. The lowest BCUT2D eigenvalue weighted by atomic mass is 10.1. The van der Waals surface area contributed by atoms with Crippen LogP contribution in [-0.2, 0) is 16.4 Å². The fourth-order valence-corrected chi connectivity index (χ4v) is 4.57. The monoisotopic (exact) mass is 418 g/mol. The predicted molar refractivity (Wildman–Crippen MR) is 107 cm³/mol. The maximum absolute atomic E-state index is 12.8. The number of non-ortho nitro benzene ring substituents is 1. The summed E-state index contributed by atoms with van der Waals surface area (Å²) in [5, 5.41) is 13.7. The molecule has 2 aromatic rings. The van der Waals surface area contributed by atoms with Crippen LogP contribution in [0.5, 0.6) is 0 Å². The van der Waals surface area contributed by atoms with Gasteiger partial charge in [-0.15, -0.1) is 0 Å². The highest BCUT2D eigenvalue weighted by Gasteiger charge is 2.30. The summed E-state index contributed by atoms with van der Waals surface area (Å²) in [7, 11) is -3.85. The molecule has 0 spiro atoms. The van der Waals surface area contributed by atoms with E-state index in [-0.39, 0.29) is 42.8 Å². The van der Waals surface area contributed by atoms with Gasteiger partial charge in [0.25, 0.3) is 5.69 Å².